The average molecular weight is 360 g/mol. The van der Waals surface area contributed by atoms with Crippen LogP contribution in [0.4, 0.5) is 0 Å². The van der Waals surface area contributed by atoms with Crippen molar-refractivity contribution in [3.8, 4) is 0 Å². The predicted molar refractivity (Wildman–Crippen MR) is 111 cm³/mol. The van der Waals surface area contributed by atoms with Crippen molar-refractivity contribution < 1.29 is 0 Å². The summed E-state index contributed by atoms with van der Waals surface area (Å²) in [5.41, 5.74) is 11.2. The predicted octanol–water partition coefficient (Wildman–Crippen LogP) is 4.77. The molecule has 1 unspecified atom stereocenters. The van der Waals surface area contributed by atoms with E-state index in [1.54, 1.807) is 6.20 Å². The lowest BCUT2D eigenvalue weighted by Gasteiger charge is -2.35. The van der Waals surface area contributed by atoms with Crippen LogP contribution in [0.15, 0.2) is 29.1 Å². The Morgan fingerprint density at radius 3 is 2.80 bits per heavy atom. The quantitative estimate of drug-likeness (QED) is 0.816. The van der Waals surface area contributed by atoms with E-state index in [2.05, 4.69) is 38.2 Å². The number of nitrogens with two attached hydrogens (primary N) is 1. The van der Waals surface area contributed by atoms with Crippen LogP contribution >= 0.6 is 11.8 Å². The van der Waals surface area contributed by atoms with Gasteiger partial charge in [-0.3, -0.25) is 0 Å². The van der Waals surface area contributed by atoms with Gasteiger partial charge in [-0.15, -0.1) is 11.8 Å². The van der Waals surface area contributed by atoms with Gasteiger partial charge in [0.25, 0.3) is 0 Å². The first-order chi connectivity index (χ1) is 12.0. The third-order valence-electron chi connectivity index (χ3n) is 4.90. The summed E-state index contributed by atoms with van der Waals surface area (Å²) in [5, 5.41) is 4.42. The molecule has 3 nitrogen and oxygen atoms in total. The zero-order valence-corrected chi connectivity index (χ0v) is 17.2. The Bertz CT molecular complexity index is 641. The number of hydrogen-bond donors (Lipinski definition) is 2. The minimum atomic E-state index is 0.377. The van der Waals surface area contributed by atoms with Gasteiger partial charge in [-0.05, 0) is 47.8 Å². The highest BCUT2D eigenvalue weighted by Gasteiger charge is 2.30. The molecule has 2 heterocycles. The fourth-order valence-electron chi connectivity index (χ4n) is 3.40. The Hall–Kier alpha value is -1.42. The Labute approximate surface area is 157 Å². The molecule has 0 saturated heterocycles. The first-order valence-corrected chi connectivity index (χ1v) is 10.4. The van der Waals surface area contributed by atoms with Crippen molar-refractivity contribution in [1.82, 2.24) is 10.3 Å². The summed E-state index contributed by atoms with van der Waals surface area (Å²) in [7, 11) is 0. The number of pyridine rings is 1. The molecule has 0 bridgehead atoms. The summed E-state index contributed by atoms with van der Waals surface area (Å²) in [5.74, 6) is 1.76. The number of nitrogens with zero attached hydrogens (tertiary/aromatic N) is 1. The number of aryl methyl sites for hydroxylation is 1. The molecule has 1 aromatic rings. The number of thioether (sulfide) groups is 1. The molecule has 1 aromatic heterocycles. The van der Waals surface area contributed by atoms with Gasteiger partial charge < -0.3 is 11.1 Å². The summed E-state index contributed by atoms with van der Waals surface area (Å²) in [6.07, 6.45) is 9.20. The van der Waals surface area contributed by atoms with Crippen molar-refractivity contribution >= 4 is 17.8 Å². The maximum Gasteiger partial charge on any atom is 0.104 e. The Balaban J connectivity index is 0.00000109. The summed E-state index contributed by atoms with van der Waals surface area (Å²) >= 11 is 1.86. The molecule has 1 aliphatic heterocycles. The van der Waals surface area contributed by atoms with Gasteiger partial charge >= 0.3 is 0 Å². The maximum atomic E-state index is 5.37. The van der Waals surface area contributed by atoms with Crippen LogP contribution in [0, 0.1) is 11.3 Å². The zero-order valence-electron chi connectivity index (χ0n) is 16.4. The molecule has 0 aromatic carbocycles. The van der Waals surface area contributed by atoms with E-state index in [1.165, 1.54) is 46.5 Å². The molecule has 0 amide bonds. The van der Waals surface area contributed by atoms with Crippen LogP contribution in [-0.2, 0) is 12.8 Å². The van der Waals surface area contributed by atoms with Crippen LogP contribution in [0.3, 0.4) is 0 Å². The van der Waals surface area contributed by atoms with Crippen LogP contribution in [0.2, 0.25) is 0 Å². The van der Waals surface area contributed by atoms with E-state index >= 15 is 0 Å². The average Bonchev–Trinajstić information content (AvgIpc) is 2.60. The highest BCUT2D eigenvalue weighted by Crippen LogP contribution is 2.39. The number of rotatable bonds is 3. The van der Waals surface area contributed by atoms with Gasteiger partial charge in [0.2, 0.25) is 0 Å². The van der Waals surface area contributed by atoms with E-state index in [1.807, 2.05) is 25.6 Å². The number of hydrogen-bond acceptors (Lipinski definition) is 4. The number of nitrogens with one attached hydrogen (secondary N) is 1. The Morgan fingerprint density at radius 2 is 2.12 bits per heavy atom. The molecule has 4 heteroatoms. The summed E-state index contributed by atoms with van der Waals surface area (Å²) in [6.45, 7) is 11.9. The van der Waals surface area contributed by atoms with E-state index in [0.717, 1.165) is 24.6 Å². The molecular formula is C21H33N3S. The van der Waals surface area contributed by atoms with Gasteiger partial charge in [0.05, 0.1) is 0 Å². The number of fused-ring (bicyclic) bond motifs is 2. The lowest BCUT2D eigenvalue weighted by atomic mass is 9.71. The summed E-state index contributed by atoms with van der Waals surface area (Å²) in [6, 6.07) is 2.39. The van der Waals surface area contributed by atoms with Crippen molar-refractivity contribution in [2.75, 3.05) is 12.3 Å². The lowest BCUT2D eigenvalue weighted by molar-refractivity contribution is 0.214. The van der Waals surface area contributed by atoms with Crippen LogP contribution in [0.25, 0.3) is 6.08 Å². The third kappa shape index (κ3) is 5.04. The van der Waals surface area contributed by atoms with Gasteiger partial charge in [-0.25, -0.2) is 4.98 Å². The highest BCUT2D eigenvalue weighted by atomic mass is 32.2. The molecule has 0 spiro atoms. The van der Waals surface area contributed by atoms with E-state index in [4.69, 9.17) is 10.7 Å². The molecule has 1 atom stereocenters. The third-order valence-corrected chi connectivity index (χ3v) is 6.02. The molecule has 3 N–H and O–H groups in total. The Kier molecular flexibility index (Phi) is 7.00. The van der Waals surface area contributed by atoms with Crippen molar-refractivity contribution in [3.63, 3.8) is 0 Å². The molecule has 0 saturated carbocycles. The summed E-state index contributed by atoms with van der Waals surface area (Å²) in [4.78, 5) is 4.97. The fraction of sp³-hybridized carbons (Fsp3) is 0.571. The fourth-order valence-corrected chi connectivity index (χ4v) is 4.37. The van der Waals surface area contributed by atoms with Gasteiger partial charge in [0.15, 0.2) is 0 Å². The van der Waals surface area contributed by atoms with E-state index in [0.29, 0.717) is 5.41 Å². The first kappa shape index (κ1) is 19.9. The van der Waals surface area contributed by atoms with Gasteiger partial charge in [0, 0.05) is 36.0 Å². The van der Waals surface area contributed by atoms with Crippen molar-refractivity contribution in [2.45, 2.75) is 58.9 Å². The minimum absolute atomic E-state index is 0.377. The second-order valence-electron chi connectivity index (χ2n) is 7.63. The largest absolute Gasteiger partial charge is 0.403 e. The van der Waals surface area contributed by atoms with Gasteiger partial charge in [0.1, 0.15) is 5.03 Å². The molecule has 0 fully saturated rings. The molecule has 0 radical (unpaired) electrons. The standard InChI is InChI=1S/C19H27N3S.C2H6/c1-19(2,3)16-4-5-17-14(10-16)9-15-8-13(11-21-7-6-20)12-23-18(15)22-17;1-2/h6-9,16,21H,4-5,10-12,20H2,1-3H3;1-2H3/b7-6-;. The molecule has 1 aliphatic carbocycles. The van der Waals surface area contributed by atoms with Gasteiger partial charge in [-0.1, -0.05) is 40.7 Å². The van der Waals surface area contributed by atoms with Crippen LogP contribution in [-0.4, -0.2) is 17.3 Å². The maximum absolute atomic E-state index is 5.37. The van der Waals surface area contributed by atoms with Crippen molar-refractivity contribution in [3.05, 3.63) is 40.9 Å². The Morgan fingerprint density at radius 1 is 1.36 bits per heavy atom. The zero-order chi connectivity index (χ0) is 18.4. The van der Waals surface area contributed by atoms with Crippen LogP contribution in [0.5, 0.6) is 0 Å². The second kappa shape index (κ2) is 8.79. The van der Waals surface area contributed by atoms with E-state index in [-0.39, 0.29) is 0 Å². The SMILES string of the molecule is CC.CC(C)(C)C1CCc2nc3c(cc2C1)C=C(CN/C=C\N)CS3. The minimum Gasteiger partial charge on any atom is -0.403 e. The van der Waals surface area contributed by atoms with E-state index in [9.17, 15) is 0 Å². The molecule has 138 valence electrons. The summed E-state index contributed by atoms with van der Waals surface area (Å²) < 4.78 is 0. The molecule has 2 aliphatic rings. The second-order valence-corrected chi connectivity index (χ2v) is 8.59. The smallest absolute Gasteiger partial charge is 0.104 e. The van der Waals surface area contributed by atoms with Crippen LogP contribution < -0.4 is 11.1 Å². The topological polar surface area (TPSA) is 50.9 Å². The normalized spacial score (nSPS) is 19.4. The highest BCUT2D eigenvalue weighted by molar-refractivity contribution is 7.99. The van der Waals surface area contributed by atoms with Crippen LogP contribution in [0.1, 0.15) is 57.9 Å². The van der Waals surface area contributed by atoms with E-state index < -0.39 is 0 Å². The first-order valence-electron chi connectivity index (χ1n) is 9.42. The molecule has 25 heavy (non-hydrogen) atoms. The van der Waals surface area contributed by atoms with Crippen molar-refractivity contribution in [2.24, 2.45) is 17.1 Å². The van der Waals surface area contributed by atoms with Crippen molar-refractivity contribution in [1.29, 1.82) is 0 Å². The monoisotopic (exact) mass is 359 g/mol. The van der Waals surface area contributed by atoms with Gasteiger partial charge in [-0.2, -0.15) is 0 Å². The number of aromatic nitrogens is 1. The molecule has 3 rings (SSSR count). The lowest BCUT2D eigenvalue weighted by Crippen LogP contribution is -2.27. The molecular weight excluding hydrogens is 326 g/mol.